The maximum absolute atomic E-state index is 13.7. The van der Waals surface area contributed by atoms with Gasteiger partial charge in [0.25, 0.3) is 5.91 Å². The van der Waals surface area contributed by atoms with Gasteiger partial charge in [0, 0.05) is 6.54 Å². The lowest BCUT2D eigenvalue weighted by Gasteiger charge is -2.23. The molecule has 0 aliphatic heterocycles. The maximum atomic E-state index is 13.7. The number of amides is 1. The number of aryl methyl sites for hydroxylation is 1. The third-order valence-electron chi connectivity index (χ3n) is 3.48. The van der Waals surface area contributed by atoms with E-state index in [-0.39, 0.29) is 23.7 Å². The minimum absolute atomic E-state index is 0.00356. The molecular formula is C17H18ClFN2O3S. The SMILES string of the molecule is Cc1cccc(N(CCNC(=O)c2c(F)cccc2Cl)S(C)(=O)=O)c1. The van der Waals surface area contributed by atoms with Gasteiger partial charge in [0.2, 0.25) is 10.0 Å². The summed E-state index contributed by atoms with van der Waals surface area (Å²) in [5, 5.41) is 2.49. The van der Waals surface area contributed by atoms with Crippen LogP contribution in [0.3, 0.4) is 0 Å². The fourth-order valence-corrected chi connectivity index (χ4v) is 3.51. The molecule has 0 saturated heterocycles. The molecule has 2 rings (SSSR count). The topological polar surface area (TPSA) is 66.5 Å². The van der Waals surface area contributed by atoms with E-state index in [0.717, 1.165) is 17.9 Å². The summed E-state index contributed by atoms with van der Waals surface area (Å²) in [6.45, 7) is 1.87. The predicted octanol–water partition coefficient (Wildman–Crippen LogP) is 2.98. The summed E-state index contributed by atoms with van der Waals surface area (Å²) >= 11 is 5.84. The molecule has 5 nitrogen and oxygen atoms in total. The molecule has 0 saturated carbocycles. The summed E-state index contributed by atoms with van der Waals surface area (Å²) in [7, 11) is -3.53. The normalized spacial score (nSPS) is 11.2. The van der Waals surface area contributed by atoms with Crippen molar-refractivity contribution in [2.75, 3.05) is 23.7 Å². The number of carbonyl (C=O) groups excluding carboxylic acids is 1. The molecule has 8 heteroatoms. The number of halogens is 2. The van der Waals surface area contributed by atoms with Crippen molar-refractivity contribution in [1.82, 2.24) is 5.32 Å². The van der Waals surface area contributed by atoms with Crippen molar-refractivity contribution < 1.29 is 17.6 Å². The molecule has 25 heavy (non-hydrogen) atoms. The zero-order valence-corrected chi connectivity index (χ0v) is 15.4. The Bertz CT molecular complexity index is 867. The Balaban J connectivity index is 2.11. The van der Waals surface area contributed by atoms with E-state index in [9.17, 15) is 17.6 Å². The lowest BCUT2D eigenvalue weighted by atomic mass is 10.2. The van der Waals surface area contributed by atoms with Gasteiger partial charge in [-0.1, -0.05) is 29.8 Å². The van der Waals surface area contributed by atoms with Crippen LogP contribution in [0.25, 0.3) is 0 Å². The number of hydrogen-bond donors (Lipinski definition) is 1. The standard InChI is InChI=1S/C17H18ClFN2O3S/c1-12-5-3-6-13(11-12)21(25(2,23)24)10-9-20-17(22)16-14(18)7-4-8-15(16)19/h3-8,11H,9-10H2,1-2H3,(H,20,22). The zero-order valence-electron chi connectivity index (χ0n) is 13.8. The van der Waals surface area contributed by atoms with Gasteiger partial charge in [-0.15, -0.1) is 0 Å². The van der Waals surface area contributed by atoms with Crippen molar-refractivity contribution in [2.45, 2.75) is 6.92 Å². The van der Waals surface area contributed by atoms with Gasteiger partial charge in [0.15, 0.2) is 0 Å². The average molecular weight is 385 g/mol. The quantitative estimate of drug-likeness (QED) is 0.832. The monoisotopic (exact) mass is 384 g/mol. The fraction of sp³-hybridized carbons (Fsp3) is 0.235. The summed E-state index contributed by atoms with van der Waals surface area (Å²) < 4.78 is 39.0. The van der Waals surface area contributed by atoms with E-state index in [1.165, 1.54) is 16.4 Å². The Morgan fingerprint density at radius 2 is 1.92 bits per heavy atom. The number of sulfonamides is 1. The lowest BCUT2D eigenvalue weighted by molar-refractivity contribution is 0.0951. The summed E-state index contributed by atoms with van der Waals surface area (Å²) in [5.74, 6) is -1.43. The van der Waals surface area contributed by atoms with Crippen LogP contribution in [0.2, 0.25) is 5.02 Å². The van der Waals surface area contributed by atoms with E-state index in [4.69, 9.17) is 11.6 Å². The van der Waals surface area contributed by atoms with E-state index in [1.54, 1.807) is 18.2 Å². The van der Waals surface area contributed by atoms with E-state index < -0.39 is 21.7 Å². The van der Waals surface area contributed by atoms with Crippen molar-refractivity contribution in [1.29, 1.82) is 0 Å². The van der Waals surface area contributed by atoms with Crippen LogP contribution in [0.4, 0.5) is 10.1 Å². The Hall–Kier alpha value is -2.12. The Morgan fingerprint density at radius 1 is 1.24 bits per heavy atom. The first-order chi connectivity index (χ1) is 11.7. The number of carbonyl (C=O) groups is 1. The van der Waals surface area contributed by atoms with Gasteiger partial charge in [-0.3, -0.25) is 9.10 Å². The number of hydrogen-bond acceptors (Lipinski definition) is 3. The molecule has 0 heterocycles. The van der Waals surface area contributed by atoms with Gasteiger partial charge in [-0.25, -0.2) is 12.8 Å². The van der Waals surface area contributed by atoms with E-state index in [1.807, 2.05) is 13.0 Å². The van der Waals surface area contributed by atoms with E-state index >= 15 is 0 Å². The first-order valence-corrected chi connectivity index (χ1v) is 9.69. The molecule has 134 valence electrons. The Kier molecular flexibility index (Phi) is 6.02. The Morgan fingerprint density at radius 3 is 2.52 bits per heavy atom. The highest BCUT2D eigenvalue weighted by Crippen LogP contribution is 2.20. The predicted molar refractivity (Wildman–Crippen MR) is 97.1 cm³/mol. The smallest absolute Gasteiger partial charge is 0.255 e. The highest BCUT2D eigenvalue weighted by atomic mass is 35.5. The first kappa shape index (κ1) is 19.2. The summed E-state index contributed by atoms with van der Waals surface area (Å²) in [5.41, 5.74) is 1.15. The number of anilines is 1. The molecule has 0 radical (unpaired) electrons. The van der Waals surface area contributed by atoms with Gasteiger partial charge in [-0.05, 0) is 36.8 Å². The highest BCUT2D eigenvalue weighted by Gasteiger charge is 2.19. The first-order valence-electron chi connectivity index (χ1n) is 7.47. The molecule has 0 aliphatic rings. The third-order valence-corrected chi connectivity index (χ3v) is 4.99. The largest absolute Gasteiger partial charge is 0.350 e. The molecule has 2 aromatic rings. The van der Waals surface area contributed by atoms with Crippen LogP contribution in [0, 0.1) is 12.7 Å². The number of nitrogens with one attached hydrogen (secondary N) is 1. The molecule has 0 bridgehead atoms. The summed E-state index contributed by atoms with van der Waals surface area (Å²) in [4.78, 5) is 12.1. The van der Waals surface area contributed by atoms with Crippen LogP contribution in [0.15, 0.2) is 42.5 Å². The molecule has 2 aromatic carbocycles. The minimum atomic E-state index is -3.53. The van der Waals surface area contributed by atoms with Gasteiger partial charge in [-0.2, -0.15) is 0 Å². The lowest BCUT2D eigenvalue weighted by Crippen LogP contribution is -2.38. The molecular weight excluding hydrogens is 367 g/mol. The van der Waals surface area contributed by atoms with Crippen molar-refractivity contribution in [3.8, 4) is 0 Å². The molecule has 1 N–H and O–H groups in total. The van der Waals surface area contributed by atoms with E-state index in [2.05, 4.69) is 5.32 Å². The summed E-state index contributed by atoms with van der Waals surface area (Å²) in [6, 6.07) is 11.0. The highest BCUT2D eigenvalue weighted by molar-refractivity contribution is 7.92. The second-order valence-corrected chi connectivity index (χ2v) is 7.84. The number of benzene rings is 2. The van der Waals surface area contributed by atoms with Crippen LogP contribution in [0.1, 0.15) is 15.9 Å². The van der Waals surface area contributed by atoms with Crippen LogP contribution >= 0.6 is 11.6 Å². The van der Waals surface area contributed by atoms with Gasteiger partial charge in [0.1, 0.15) is 5.82 Å². The van der Waals surface area contributed by atoms with Crippen molar-refractivity contribution in [2.24, 2.45) is 0 Å². The number of nitrogens with zero attached hydrogens (tertiary/aromatic N) is 1. The van der Waals surface area contributed by atoms with Crippen LogP contribution < -0.4 is 9.62 Å². The van der Waals surface area contributed by atoms with Crippen LogP contribution in [-0.2, 0) is 10.0 Å². The zero-order chi connectivity index (χ0) is 18.6. The van der Waals surface area contributed by atoms with Crippen molar-refractivity contribution in [3.63, 3.8) is 0 Å². The van der Waals surface area contributed by atoms with Gasteiger partial charge < -0.3 is 5.32 Å². The average Bonchev–Trinajstić information content (AvgIpc) is 2.50. The molecule has 1 amide bonds. The Labute approximate surface area is 151 Å². The van der Waals surface area contributed by atoms with Gasteiger partial charge >= 0.3 is 0 Å². The summed E-state index contributed by atoms with van der Waals surface area (Å²) in [6.07, 6.45) is 1.09. The van der Waals surface area contributed by atoms with Crippen LogP contribution in [0.5, 0.6) is 0 Å². The molecule has 0 unspecified atom stereocenters. The molecule has 0 aromatic heterocycles. The van der Waals surface area contributed by atoms with Crippen molar-refractivity contribution in [3.05, 3.63) is 64.4 Å². The molecule has 0 fully saturated rings. The fourth-order valence-electron chi connectivity index (χ4n) is 2.34. The van der Waals surface area contributed by atoms with E-state index in [0.29, 0.717) is 5.69 Å². The third kappa shape index (κ3) is 4.93. The van der Waals surface area contributed by atoms with Crippen LogP contribution in [-0.4, -0.2) is 33.7 Å². The maximum Gasteiger partial charge on any atom is 0.255 e. The molecule has 0 spiro atoms. The number of rotatable bonds is 6. The van der Waals surface area contributed by atoms with Gasteiger partial charge in [0.05, 0.1) is 29.1 Å². The minimum Gasteiger partial charge on any atom is -0.350 e. The molecule has 0 aliphatic carbocycles. The second kappa shape index (κ2) is 7.84. The van der Waals surface area contributed by atoms with Crippen molar-refractivity contribution >= 4 is 33.2 Å². The second-order valence-electron chi connectivity index (χ2n) is 5.53. The molecule has 0 atom stereocenters.